The molecule has 1 aliphatic rings. The summed E-state index contributed by atoms with van der Waals surface area (Å²) in [6.07, 6.45) is -5.46. The lowest BCUT2D eigenvalue weighted by Gasteiger charge is -2.35. The lowest BCUT2D eigenvalue weighted by Crippen LogP contribution is -2.47. The molecule has 1 fully saturated rings. The Labute approximate surface area is 176 Å². The molecule has 0 amide bonds. The molecule has 1 saturated heterocycles. The van der Waals surface area contributed by atoms with Crippen LogP contribution in [0.4, 0.5) is 22.0 Å². The van der Waals surface area contributed by atoms with Crippen LogP contribution in [-0.2, 0) is 6.54 Å². The third kappa shape index (κ3) is 7.64. The molecular formula is C21H23F5N2O3. The number of halogens is 5. The van der Waals surface area contributed by atoms with Gasteiger partial charge in [-0.05, 0) is 35.4 Å². The Morgan fingerprint density at radius 2 is 1.39 bits per heavy atom. The van der Waals surface area contributed by atoms with Crippen LogP contribution >= 0.6 is 0 Å². The highest BCUT2D eigenvalue weighted by molar-refractivity contribution is 5.29. The third-order valence-electron chi connectivity index (χ3n) is 4.95. The van der Waals surface area contributed by atoms with E-state index in [4.69, 9.17) is 0 Å². The number of piperazine rings is 1. The summed E-state index contributed by atoms with van der Waals surface area (Å²) in [5.41, 5.74) is 1.50. The minimum absolute atomic E-state index is 0.0394. The van der Waals surface area contributed by atoms with Crippen molar-refractivity contribution in [3.63, 3.8) is 0 Å². The molecule has 10 heteroatoms. The highest BCUT2D eigenvalue weighted by Gasteiger charge is 2.31. The van der Waals surface area contributed by atoms with E-state index in [0.717, 1.165) is 31.7 Å². The van der Waals surface area contributed by atoms with Crippen LogP contribution in [0.2, 0.25) is 0 Å². The molecule has 2 aromatic rings. The first-order valence-corrected chi connectivity index (χ1v) is 9.70. The van der Waals surface area contributed by atoms with Crippen LogP contribution < -0.4 is 9.47 Å². The minimum atomic E-state index is -4.70. The largest absolute Gasteiger partial charge is 0.573 e. The summed E-state index contributed by atoms with van der Waals surface area (Å²) in [5, 5.41) is 10.4. The fraction of sp³-hybridized carbons (Fsp3) is 0.429. The monoisotopic (exact) mass is 446 g/mol. The quantitative estimate of drug-likeness (QED) is 0.621. The Balaban J connectivity index is 1.43. The first-order valence-electron chi connectivity index (χ1n) is 9.70. The SMILES string of the molecule is OC(CN1CCN(Cc2ccc(OC(F)(F)F)cc2)CC1)c1ccc(OC(F)F)cc1. The summed E-state index contributed by atoms with van der Waals surface area (Å²) in [7, 11) is 0. The van der Waals surface area contributed by atoms with E-state index in [1.807, 2.05) is 0 Å². The second-order valence-corrected chi connectivity index (χ2v) is 7.23. The number of aliphatic hydroxyl groups is 1. The van der Waals surface area contributed by atoms with Gasteiger partial charge in [-0.1, -0.05) is 24.3 Å². The maximum Gasteiger partial charge on any atom is 0.573 e. The number of β-amino-alcohol motifs (C(OH)–C–C–N with tert-alkyl or cyclic N) is 1. The average molecular weight is 446 g/mol. The van der Waals surface area contributed by atoms with Crippen LogP contribution in [0.15, 0.2) is 48.5 Å². The molecule has 0 spiro atoms. The molecule has 1 unspecified atom stereocenters. The fourth-order valence-corrected chi connectivity index (χ4v) is 3.41. The first-order chi connectivity index (χ1) is 14.7. The predicted molar refractivity (Wildman–Crippen MR) is 103 cm³/mol. The van der Waals surface area contributed by atoms with Gasteiger partial charge in [-0.25, -0.2) is 0 Å². The number of rotatable bonds is 8. The standard InChI is InChI=1S/C21H23F5N2O3/c22-20(23)30-17-7-3-16(4-8-17)19(29)14-28-11-9-27(10-12-28)13-15-1-5-18(6-2-15)31-21(24,25)26/h1-8,19-20,29H,9-14H2. The van der Waals surface area contributed by atoms with E-state index in [1.165, 1.54) is 24.3 Å². The van der Waals surface area contributed by atoms with Gasteiger partial charge in [-0.3, -0.25) is 9.80 Å². The van der Waals surface area contributed by atoms with Crippen LogP contribution in [0.25, 0.3) is 0 Å². The minimum Gasteiger partial charge on any atom is -0.435 e. The zero-order valence-corrected chi connectivity index (χ0v) is 16.6. The Morgan fingerprint density at radius 1 is 0.839 bits per heavy atom. The second-order valence-electron chi connectivity index (χ2n) is 7.23. The zero-order valence-electron chi connectivity index (χ0n) is 16.6. The molecule has 0 aliphatic carbocycles. The van der Waals surface area contributed by atoms with Crippen molar-refractivity contribution in [2.45, 2.75) is 25.6 Å². The highest BCUT2D eigenvalue weighted by atomic mass is 19.4. The maximum absolute atomic E-state index is 12.2. The zero-order chi connectivity index (χ0) is 22.4. The van der Waals surface area contributed by atoms with E-state index in [9.17, 15) is 27.1 Å². The maximum atomic E-state index is 12.2. The van der Waals surface area contributed by atoms with Crippen molar-refractivity contribution < 1.29 is 36.5 Å². The molecule has 0 saturated carbocycles. The van der Waals surface area contributed by atoms with Crippen molar-refractivity contribution in [2.24, 2.45) is 0 Å². The Bertz CT molecular complexity index is 807. The molecule has 2 aromatic carbocycles. The number of ether oxygens (including phenoxy) is 2. The van der Waals surface area contributed by atoms with Gasteiger partial charge in [0.2, 0.25) is 0 Å². The number of nitrogens with zero attached hydrogens (tertiary/aromatic N) is 2. The molecule has 1 atom stereocenters. The lowest BCUT2D eigenvalue weighted by molar-refractivity contribution is -0.274. The van der Waals surface area contributed by atoms with Crippen molar-refractivity contribution in [2.75, 3.05) is 32.7 Å². The Kier molecular flexibility index (Phi) is 7.69. The summed E-state index contributed by atoms with van der Waals surface area (Å²) in [6, 6.07) is 11.7. The van der Waals surface area contributed by atoms with E-state index in [1.54, 1.807) is 24.3 Å². The van der Waals surface area contributed by atoms with E-state index in [2.05, 4.69) is 19.3 Å². The first kappa shape index (κ1) is 23.2. The average Bonchev–Trinajstić information content (AvgIpc) is 2.70. The van der Waals surface area contributed by atoms with E-state index >= 15 is 0 Å². The van der Waals surface area contributed by atoms with Crippen molar-refractivity contribution in [3.05, 3.63) is 59.7 Å². The molecule has 3 rings (SSSR count). The summed E-state index contributed by atoms with van der Waals surface area (Å²) < 4.78 is 69.3. The summed E-state index contributed by atoms with van der Waals surface area (Å²) in [5.74, 6) is -0.207. The van der Waals surface area contributed by atoms with Crippen molar-refractivity contribution in [3.8, 4) is 11.5 Å². The molecule has 0 bridgehead atoms. The summed E-state index contributed by atoms with van der Waals surface area (Å²) in [6.45, 7) is 1.06. The van der Waals surface area contributed by atoms with E-state index < -0.39 is 19.1 Å². The van der Waals surface area contributed by atoms with Gasteiger partial charge in [-0.15, -0.1) is 13.2 Å². The van der Waals surface area contributed by atoms with Crippen molar-refractivity contribution >= 4 is 0 Å². The number of alkyl halides is 5. The van der Waals surface area contributed by atoms with Crippen LogP contribution in [0.1, 0.15) is 17.2 Å². The van der Waals surface area contributed by atoms with Gasteiger partial charge in [-0.2, -0.15) is 8.78 Å². The lowest BCUT2D eigenvalue weighted by atomic mass is 10.1. The van der Waals surface area contributed by atoms with Gasteiger partial charge in [0.05, 0.1) is 6.10 Å². The normalized spacial score (nSPS) is 17.0. The number of hydrogen-bond donors (Lipinski definition) is 1. The molecule has 31 heavy (non-hydrogen) atoms. The van der Waals surface area contributed by atoms with Gasteiger partial charge in [0, 0.05) is 39.3 Å². The van der Waals surface area contributed by atoms with Crippen molar-refractivity contribution in [1.29, 1.82) is 0 Å². The number of benzene rings is 2. The molecule has 0 radical (unpaired) electrons. The number of aliphatic hydroxyl groups excluding tert-OH is 1. The molecule has 5 nitrogen and oxygen atoms in total. The fourth-order valence-electron chi connectivity index (χ4n) is 3.41. The molecule has 1 aliphatic heterocycles. The van der Waals surface area contributed by atoms with Crippen LogP contribution in [0, 0.1) is 0 Å². The predicted octanol–water partition coefficient (Wildman–Crippen LogP) is 4.04. The third-order valence-corrected chi connectivity index (χ3v) is 4.95. The molecular weight excluding hydrogens is 423 g/mol. The molecule has 170 valence electrons. The second kappa shape index (κ2) is 10.3. The molecule has 1 heterocycles. The topological polar surface area (TPSA) is 45.2 Å². The van der Waals surface area contributed by atoms with Crippen LogP contribution in [0.5, 0.6) is 11.5 Å². The summed E-state index contributed by atoms with van der Waals surface area (Å²) in [4.78, 5) is 4.28. The van der Waals surface area contributed by atoms with Gasteiger partial charge >= 0.3 is 13.0 Å². The highest BCUT2D eigenvalue weighted by Crippen LogP contribution is 2.24. The van der Waals surface area contributed by atoms with Crippen molar-refractivity contribution in [1.82, 2.24) is 9.80 Å². The van der Waals surface area contributed by atoms with Crippen LogP contribution in [-0.4, -0.2) is 60.6 Å². The molecule has 0 aromatic heterocycles. The van der Waals surface area contributed by atoms with Crippen LogP contribution in [0.3, 0.4) is 0 Å². The van der Waals surface area contributed by atoms with Gasteiger partial charge in [0.15, 0.2) is 0 Å². The van der Waals surface area contributed by atoms with E-state index in [-0.39, 0.29) is 11.5 Å². The van der Waals surface area contributed by atoms with Gasteiger partial charge in [0.25, 0.3) is 0 Å². The van der Waals surface area contributed by atoms with Gasteiger partial charge < -0.3 is 14.6 Å². The van der Waals surface area contributed by atoms with Gasteiger partial charge in [0.1, 0.15) is 11.5 Å². The molecule has 1 N–H and O–H groups in total. The van der Waals surface area contributed by atoms with E-state index in [0.29, 0.717) is 18.7 Å². The Hall–Kier alpha value is -2.43. The summed E-state index contributed by atoms with van der Waals surface area (Å²) >= 11 is 0. The smallest absolute Gasteiger partial charge is 0.435 e. The Morgan fingerprint density at radius 3 is 1.94 bits per heavy atom. The number of hydrogen-bond acceptors (Lipinski definition) is 5.